The molecule has 0 aliphatic carbocycles. The number of aromatic nitrogens is 1. The molecule has 106 valence electrons. The highest BCUT2D eigenvalue weighted by Gasteiger charge is 2.06. The van der Waals surface area contributed by atoms with Crippen LogP contribution in [0.4, 0.5) is 0 Å². The summed E-state index contributed by atoms with van der Waals surface area (Å²) in [6.45, 7) is 9.36. The highest BCUT2D eigenvalue weighted by molar-refractivity contribution is 5.36. The number of rotatable bonds is 5. The van der Waals surface area contributed by atoms with Crippen molar-refractivity contribution in [3.63, 3.8) is 0 Å². The lowest BCUT2D eigenvalue weighted by atomic mass is 10.1. The summed E-state index contributed by atoms with van der Waals surface area (Å²) in [4.78, 5) is 4.28. The third-order valence-corrected chi connectivity index (χ3v) is 3.47. The number of ether oxygens (including phenoxy) is 1. The largest absolute Gasteiger partial charge is 0.439 e. The number of hydrogen-bond donors (Lipinski definition) is 1. The van der Waals surface area contributed by atoms with Crippen LogP contribution in [0.2, 0.25) is 0 Å². The fourth-order valence-corrected chi connectivity index (χ4v) is 2.07. The molecule has 0 aliphatic rings. The normalized spacial score (nSPS) is 12.2. The molecule has 0 saturated carbocycles. The van der Waals surface area contributed by atoms with E-state index in [-0.39, 0.29) is 0 Å². The summed E-state index contributed by atoms with van der Waals surface area (Å²) in [5.74, 6) is 1.46. The predicted molar refractivity (Wildman–Crippen MR) is 82.3 cm³/mol. The molecule has 0 amide bonds. The second-order valence-corrected chi connectivity index (χ2v) is 5.05. The van der Waals surface area contributed by atoms with Gasteiger partial charge in [0, 0.05) is 18.3 Å². The van der Waals surface area contributed by atoms with Gasteiger partial charge in [-0.05, 0) is 62.2 Å². The zero-order chi connectivity index (χ0) is 14.5. The quantitative estimate of drug-likeness (QED) is 0.885. The smallest absolute Gasteiger partial charge is 0.219 e. The first-order valence-electron chi connectivity index (χ1n) is 7.04. The second kappa shape index (κ2) is 6.53. The Labute approximate surface area is 121 Å². The number of nitrogens with zero attached hydrogens (tertiary/aromatic N) is 1. The molecule has 0 saturated heterocycles. The number of benzene rings is 1. The van der Waals surface area contributed by atoms with E-state index in [1.165, 1.54) is 16.7 Å². The fourth-order valence-electron chi connectivity index (χ4n) is 2.07. The highest BCUT2D eigenvalue weighted by atomic mass is 16.5. The van der Waals surface area contributed by atoms with Crippen LogP contribution in [-0.2, 0) is 0 Å². The maximum absolute atomic E-state index is 5.84. The molecule has 20 heavy (non-hydrogen) atoms. The number of hydrogen-bond acceptors (Lipinski definition) is 3. The first kappa shape index (κ1) is 14.5. The van der Waals surface area contributed by atoms with Gasteiger partial charge in [-0.15, -0.1) is 0 Å². The van der Waals surface area contributed by atoms with Crippen LogP contribution in [0, 0.1) is 13.8 Å². The summed E-state index contributed by atoms with van der Waals surface area (Å²) < 4.78 is 5.84. The molecule has 0 fully saturated rings. The maximum atomic E-state index is 5.84. The van der Waals surface area contributed by atoms with Gasteiger partial charge in [0.1, 0.15) is 5.75 Å². The molecule has 1 atom stereocenters. The number of pyridine rings is 1. The van der Waals surface area contributed by atoms with Gasteiger partial charge >= 0.3 is 0 Å². The molecule has 1 heterocycles. The van der Waals surface area contributed by atoms with E-state index in [0.29, 0.717) is 11.9 Å². The minimum absolute atomic E-state index is 0.296. The molecule has 1 aromatic heterocycles. The molecule has 2 aromatic rings. The van der Waals surface area contributed by atoms with Crippen LogP contribution < -0.4 is 10.1 Å². The Morgan fingerprint density at radius 1 is 1.15 bits per heavy atom. The summed E-state index contributed by atoms with van der Waals surface area (Å²) in [7, 11) is 0. The zero-order valence-electron chi connectivity index (χ0n) is 12.6. The van der Waals surface area contributed by atoms with Crippen LogP contribution in [0.15, 0.2) is 36.5 Å². The Hall–Kier alpha value is -1.87. The van der Waals surface area contributed by atoms with E-state index in [1.807, 2.05) is 24.3 Å². The van der Waals surface area contributed by atoms with Crippen molar-refractivity contribution in [1.29, 1.82) is 0 Å². The molecular weight excluding hydrogens is 248 g/mol. The molecule has 0 spiro atoms. The molecule has 1 N–H and O–H groups in total. The Balaban J connectivity index is 2.16. The highest BCUT2D eigenvalue weighted by Crippen LogP contribution is 2.24. The Kier molecular flexibility index (Phi) is 4.74. The van der Waals surface area contributed by atoms with E-state index < -0.39 is 0 Å². The Morgan fingerprint density at radius 3 is 2.65 bits per heavy atom. The van der Waals surface area contributed by atoms with Gasteiger partial charge in [0.15, 0.2) is 0 Å². The lowest BCUT2D eigenvalue weighted by Gasteiger charge is -2.14. The van der Waals surface area contributed by atoms with Crippen LogP contribution in [-0.4, -0.2) is 11.5 Å². The van der Waals surface area contributed by atoms with Gasteiger partial charge in [-0.2, -0.15) is 0 Å². The van der Waals surface area contributed by atoms with Gasteiger partial charge in [0.2, 0.25) is 5.88 Å². The fraction of sp³-hybridized carbons (Fsp3) is 0.353. The summed E-state index contributed by atoms with van der Waals surface area (Å²) in [6, 6.07) is 10.4. The first-order valence-corrected chi connectivity index (χ1v) is 7.04. The van der Waals surface area contributed by atoms with Crippen molar-refractivity contribution >= 4 is 0 Å². The molecule has 3 nitrogen and oxygen atoms in total. The van der Waals surface area contributed by atoms with Crippen LogP contribution in [0.1, 0.15) is 36.6 Å². The lowest BCUT2D eigenvalue weighted by molar-refractivity contribution is 0.459. The van der Waals surface area contributed by atoms with Crippen molar-refractivity contribution in [2.24, 2.45) is 0 Å². The maximum Gasteiger partial charge on any atom is 0.219 e. The topological polar surface area (TPSA) is 34.2 Å². The molecule has 3 heteroatoms. The van der Waals surface area contributed by atoms with Crippen molar-refractivity contribution in [3.05, 3.63) is 53.2 Å². The predicted octanol–water partition coefficient (Wildman–Crippen LogP) is 4.16. The molecule has 2 rings (SSSR count). The molecular formula is C17H22N2O. The third-order valence-electron chi connectivity index (χ3n) is 3.47. The van der Waals surface area contributed by atoms with Gasteiger partial charge in [0.05, 0.1) is 0 Å². The number of nitrogens with one attached hydrogen (secondary N) is 1. The van der Waals surface area contributed by atoms with Crippen LogP contribution in [0.3, 0.4) is 0 Å². The Bertz CT molecular complexity index is 581. The van der Waals surface area contributed by atoms with Gasteiger partial charge in [0.25, 0.3) is 0 Å². The monoisotopic (exact) mass is 270 g/mol. The van der Waals surface area contributed by atoms with E-state index in [0.717, 1.165) is 12.3 Å². The van der Waals surface area contributed by atoms with E-state index in [9.17, 15) is 0 Å². The van der Waals surface area contributed by atoms with E-state index in [2.05, 4.69) is 44.1 Å². The van der Waals surface area contributed by atoms with E-state index in [4.69, 9.17) is 4.74 Å². The minimum atomic E-state index is 0.296. The van der Waals surface area contributed by atoms with E-state index in [1.54, 1.807) is 6.20 Å². The van der Waals surface area contributed by atoms with Gasteiger partial charge in [-0.25, -0.2) is 4.98 Å². The standard InChI is InChI=1S/C17H22N2O/c1-5-18-14(4)15-8-9-19-17(11-15)20-16-7-6-12(2)13(3)10-16/h6-11,14,18H,5H2,1-4H3. The molecule has 1 aromatic carbocycles. The molecule has 0 bridgehead atoms. The van der Waals surface area contributed by atoms with E-state index >= 15 is 0 Å². The molecule has 0 radical (unpaired) electrons. The molecule has 1 unspecified atom stereocenters. The van der Waals surface area contributed by atoms with Crippen molar-refractivity contribution in [1.82, 2.24) is 10.3 Å². The average Bonchev–Trinajstić information content (AvgIpc) is 2.43. The van der Waals surface area contributed by atoms with Crippen LogP contribution >= 0.6 is 0 Å². The lowest BCUT2D eigenvalue weighted by Crippen LogP contribution is -2.17. The van der Waals surface area contributed by atoms with Gasteiger partial charge in [-0.3, -0.25) is 0 Å². The summed E-state index contributed by atoms with van der Waals surface area (Å²) in [6.07, 6.45) is 1.79. The van der Waals surface area contributed by atoms with Crippen molar-refractivity contribution in [2.75, 3.05) is 6.54 Å². The van der Waals surface area contributed by atoms with Crippen molar-refractivity contribution < 1.29 is 4.74 Å². The van der Waals surface area contributed by atoms with Crippen molar-refractivity contribution in [2.45, 2.75) is 33.7 Å². The van der Waals surface area contributed by atoms with Gasteiger partial charge < -0.3 is 10.1 Å². The first-order chi connectivity index (χ1) is 9.60. The summed E-state index contributed by atoms with van der Waals surface area (Å²) in [5, 5.41) is 3.39. The zero-order valence-corrected chi connectivity index (χ0v) is 12.6. The van der Waals surface area contributed by atoms with Crippen LogP contribution in [0.5, 0.6) is 11.6 Å². The third kappa shape index (κ3) is 3.58. The number of aryl methyl sites for hydroxylation is 2. The Morgan fingerprint density at radius 2 is 1.95 bits per heavy atom. The molecule has 0 aliphatic heterocycles. The SMILES string of the molecule is CCNC(C)c1ccnc(Oc2ccc(C)c(C)c2)c1. The van der Waals surface area contributed by atoms with Crippen molar-refractivity contribution in [3.8, 4) is 11.6 Å². The van der Waals surface area contributed by atoms with Crippen LogP contribution in [0.25, 0.3) is 0 Å². The minimum Gasteiger partial charge on any atom is -0.439 e. The summed E-state index contributed by atoms with van der Waals surface area (Å²) >= 11 is 0. The second-order valence-electron chi connectivity index (χ2n) is 5.05. The van der Waals surface area contributed by atoms with Gasteiger partial charge in [-0.1, -0.05) is 13.0 Å². The summed E-state index contributed by atoms with van der Waals surface area (Å²) in [5.41, 5.74) is 3.67. The average molecular weight is 270 g/mol.